The molecule has 0 spiro atoms. The molecule has 3 heteroatoms. The summed E-state index contributed by atoms with van der Waals surface area (Å²) in [6, 6.07) is 10.3. The average molecular weight is 236 g/mol. The van der Waals surface area contributed by atoms with Gasteiger partial charge in [0.2, 0.25) is 0 Å². The van der Waals surface area contributed by atoms with Gasteiger partial charge < -0.3 is 5.11 Å². The molecule has 1 fully saturated rings. The average Bonchev–Trinajstić information content (AvgIpc) is 2.23. The maximum Gasteiger partial charge on any atom is 0.306 e. The van der Waals surface area contributed by atoms with Crippen LogP contribution in [0.5, 0.6) is 0 Å². The van der Waals surface area contributed by atoms with Crippen molar-refractivity contribution in [1.82, 2.24) is 0 Å². The van der Waals surface area contributed by atoms with Gasteiger partial charge >= 0.3 is 5.97 Å². The number of thioether (sulfide) groups is 1. The first-order valence-corrected chi connectivity index (χ1v) is 6.66. The molecule has 86 valence electrons. The highest BCUT2D eigenvalue weighted by atomic mass is 32.2. The van der Waals surface area contributed by atoms with Crippen LogP contribution >= 0.6 is 11.8 Å². The molecule has 1 saturated carbocycles. The van der Waals surface area contributed by atoms with E-state index in [9.17, 15) is 4.79 Å². The molecule has 2 unspecified atom stereocenters. The summed E-state index contributed by atoms with van der Waals surface area (Å²) in [6.45, 7) is 0. The van der Waals surface area contributed by atoms with E-state index >= 15 is 0 Å². The number of hydrogen-bond donors (Lipinski definition) is 1. The molecule has 2 nitrogen and oxygen atoms in total. The largest absolute Gasteiger partial charge is 0.481 e. The van der Waals surface area contributed by atoms with Crippen molar-refractivity contribution in [2.45, 2.75) is 24.2 Å². The Bertz CT molecular complexity index is 350. The second-order valence-corrected chi connectivity index (χ2v) is 5.40. The number of rotatable bonds is 5. The minimum absolute atomic E-state index is 0.0728. The van der Waals surface area contributed by atoms with E-state index in [0.29, 0.717) is 5.92 Å². The van der Waals surface area contributed by atoms with E-state index in [1.165, 1.54) is 4.90 Å². The third-order valence-electron chi connectivity index (χ3n) is 3.24. The highest BCUT2D eigenvalue weighted by molar-refractivity contribution is 7.99. The van der Waals surface area contributed by atoms with Crippen molar-refractivity contribution >= 4 is 17.7 Å². The van der Waals surface area contributed by atoms with Crippen LogP contribution in [0.1, 0.15) is 19.3 Å². The zero-order valence-corrected chi connectivity index (χ0v) is 9.95. The molecule has 16 heavy (non-hydrogen) atoms. The van der Waals surface area contributed by atoms with Crippen LogP contribution in [0.2, 0.25) is 0 Å². The van der Waals surface area contributed by atoms with E-state index in [-0.39, 0.29) is 5.92 Å². The Labute approximate surface area is 100 Å². The van der Waals surface area contributed by atoms with Crippen LogP contribution in [-0.4, -0.2) is 16.8 Å². The molecule has 1 aliphatic carbocycles. The van der Waals surface area contributed by atoms with Crippen LogP contribution in [0.25, 0.3) is 0 Å². The van der Waals surface area contributed by atoms with Gasteiger partial charge in [-0.25, -0.2) is 0 Å². The highest BCUT2D eigenvalue weighted by Gasteiger charge is 2.35. The lowest BCUT2D eigenvalue weighted by molar-refractivity contribution is -0.147. The molecule has 0 bridgehead atoms. The van der Waals surface area contributed by atoms with Gasteiger partial charge in [0, 0.05) is 4.90 Å². The summed E-state index contributed by atoms with van der Waals surface area (Å²) in [4.78, 5) is 12.1. The molecule has 0 saturated heterocycles. The first-order valence-electron chi connectivity index (χ1n) is 5.68. The van der Waals surface area contributed by atoms with Crippen LogP contribution in [0.15, 0.2) is 35.2 Å². The van der Waals surface area contributed by atoms with Crippen molar-refractivity contribution in [3.63, 3.8) is 0 Å². The van der Waals surface area contributed by atoms with Gasteiger partial charge in [0.1, 0.15) is 0 Å². The standard InChI is InChI=1S/C13H16O2S/c14-13(15)12-7-6-10(12)8-9-16-11-4-2-1-3-5-11/h1-5,10,12H,6-9H2,(H,14,15). The predicted molar refractivity (Wildman–Crippen MR) is 65.6 cm³/mol. The van der Waals surface area contributed by atoms with Crippen molar-refractivity contribution in [3.05, 3.63) is 30.3 Å². The normalized spacial score (nSPS) is 23.8. The van der Waals surface area contributed by atoms with E-state index in [1.54, 1.807) is 0 Å². The fraction of sp³-hybridized carbons (Fsp3) is 0.462. The number of carboxylic acids is 1. The van der Waals surface area contributed by atoms with E-state index in [4.69, 9.17) is 5.11 Å². The van der Waals surface area contributed by atoms with E-state index in [2.05, 4.69) is 12.1 Å². The van der Waals surface area contributed by atoms with Crippen LogP contribution in [0.3, 0.4) is 0 Å². The summed E-state index contributed by atoms with van der Waals surface area (Å²) in [5.74, 6) is 0.754. The van der Waals surface area contributed by atoms with Crippen molar-refractivity contribution in [3.8, 4) is 0 Å². The molecule has 2 rings (SSSR count). The van der Waals surface area contributed by atoms with Gasteiger partial charge in [-0.05, 0) is 43.1 Å². The second kappa shape index (κ2) is 5.39. The number of carbonyl (C=O) groups is 1. The van der Waals surface area contributed by atoms with Crippen molar-refractivity contribution in [1.29, 1.82) is 0 Å². The van der Waals surface area contributed by atoms with E-state index < -0.39 is 5.97 Å². The van der Waals surface area contributed by atoms with E-state index in [0.717, 1.165) is 25.0 Å². The molecule has 0 radical (unpaired) electrons. The van der Waals surface area contributed by atoms with Crippen LogP contribution < -0.4 is 0 Å². The van der Waals surface area contributed by atoms with Gasteiger partial charge in [-0.1, -0.05) is 18.2 Å². The summed E-state index contributed by atoms with van der Waals surface area (Å²) in [6.07, 6.45) is 2.98. The zero-order chi connectivity index (χ0) is 11.4. The Morgan fingerprint density at radius 2 is 2.06 bits per heavy atom. The maximum atomic E-state index is 10.8. The molecular formula is C13H16O2S. The molecule has 0 aromatic heterocycles. The van der Waals surface area contributed by atoms with Crippen molar-refractivity contribution < 1.29 is 9.90 Å². The molecule has 1 aromatic carbocycles. The minimum Gasteiger partial charge on any atom is -0.481 e. The van der Waals surface area contributed by atoms with Gasteiger partial charge in [0.25, 0.3) is 0 Å². The van der Waals surface area contributed by atoms with Gasteiger partial charge in [-0.3, -0.25) is 4.79 Å². The van der Waals surface area contributed by atoms with Crippen LogP contribution in [-0.2, 0) is 4.79 Å². The molecule has 1 aromatic rings. The monoisotopic (exact) mass is 236 g/mol. The molecule has 0 aliphatic heterocycles. The van der Waals surface area contributed by atoms with Gasteiger partial charge in [0.15, 0.2) is 0 Å². The van der Waals surface area contributed by atoms with E-state index in [1.807, 2.05) is 30.0 Å². The summed E-state index contributed by atoms with van der Waals surface area (Å²) in [5, 5.41) is 8.91. The number of hydrogen-bond acceptors (Lipinski definition) is 2. The topological polar surface area (TPSA) is 37.3 Å². The third-order valence-corrected chi connectivity index (χ3v) is 4.28. The van der Waals surface area contributed by atoms with Crippen LogP contribution in [0, 0.1) is 11.8 Å². The molecular weight excluding hydrogens is 220 g/mol. The SMILES string of the molecule is O=C(O)C1CCC1CCSc1ccccc1. The quantitative estimate of drug-likeness (QED) is 0.797. The third kappa shape index (κ3) is 2.79. The lowest BCUT2D eigenvalue weighted by atomic mass is 9.72. The Morgan fingerprint density at radius 1 is 1.31 bits per heavy atom. The minimum atomic E-state index is -0.610. The number of benzene rings is 1. The van der Waals surface area contributed by atoms with Gasteiger partial charge in [0.05, 0.1) is 5.92 Å². The number of carboxylic acid groups (broad SMARTS) is 1. The second-order valence-electron chi connectivity index (χ2n) is 4.23. The van der Waals surface area contributed by atoms with Crippen molar-refractivity contribution in [2.75, 3.05) is 5.75 Å². The van der Waals surface area contributed by atoms with Gasteiger partial charge in [-0.2, -0.15) is 0 Å². The Kier molecular flexibility index (Phi) is 3.88. The fourth-order valence-electron chi connectivity index (χ4n) is 2.08. The zero-order valence-electron chi connectivity index (χ0n) is 9.13. The number of aliphatic carboxylic acids is 1. The predicted octanol–water partition coefficient (Wildman–Crippen LogP) is 3.28. The van der Waals surface area contributed by atoms with Gasteiger partial charge in [-0.15, -0.1) is 11.8 Å². The smallest absolute Gasteiger partial charge is 0.306 e. The fourth-order valence-corrected chi connectivity index (χ4v) is 3.09. The highest BCUT2D eigenvalue weighted by Crippen LogP contribution is 2.38. The molecule has 0 amide bonds. The summed E-state index contributed by atoms with van der Waals surface area (Å²) in [7, 11) is 0. The summed E-state index contributed by atoms with van der Waals surface area (Å²) < 4.78 is 0. The first kappa shape index (κ1) is 11.5. The Balaban J connectivity index is 1.71. The molecule has 0 heterocycles. The Hall–Kier alpha value is -0.960. The van der Waals surface area contributed by atoms with Crippen LogP contribution in [0.4, 0.5) is 0 Å². The molecule has 1 N–H and O–H groups in total. The lowest BCUT2D eigenvalue weighted by Crippen LogP contribution is -2.33. The van der Waals surface area contributed by atoms with Crippen molar-refractivity contribution in [2.24, 2.45) is 11.8 Å². The summed E-state index contributed by atoms with van der Waals surface area (Å²) in [5.41, 5.74) is 0. The summed E-state index contributed by atoms with van der Waals surface area (Å²) >= 11 is 1.82. The lowest BCUT2D eigenvalue weighted by Gasteiger charge is -2.33. The first-order chi connectivity index (χ1) is 7.77. The molecule has 2 atom stereocenters. The Morgan fingerprint density at radius 3 is 2.62 bits per heavy atom. The maximum absolute atomic E-state index is 10.8. The molecule has 1 aliphatic rings.